The summed E-state index contributed by atoms with van der Waals surface area (Å²) >= 11 is 0. The number of hydrogen-bond donors (Lipinski definition) is 0. The van der Waals surface area contributed by atoms with E-state index in [1.165, 1.54) is 0 Å². The van der Waals surface area contributed by atoms with Crippen LogP contribution in [0.2, 0.25) is 0 Å². The van der Waals surface area contributed by atoms with Crippen molar-refractivity contribution in [3.05, 3.63) is 72.3 Å². The minimum absolute atomic E-state index is 0.0759. The highest BCUT2D eigenvalue weighted by Gasteiger charge is 2.07. The maximum atomic E-state index is 12.5. The van der Waals surface area contributed by atoms with Crippen molar-refractivity contribution in [1.82, 2.24) is 0 Å². The van der Waals surface area contributed by atoms with E-state index < -0.39 is 0 Å². The Morgan fingerprint density at radius 1 is 0.900 bits per heavy atom. The molecule has 0 saturated carbocycles. The van der Waals surface area contributed by atoms with Crippen LogP contribution in [-0.2, 0) is 0 Å². The molecule has 30 heavy (non-hydrogen) atoms. The molecule has 0 radical (unpaired) electrons. The van der Waals surface area contributed by atoms with Crippen LogP contribution < -0.4 is 14.2 Å². The van der Waals surface area contributed by atoms with Crippen molar-refractivity contribution in [1.29, 1.82) is 0 Å². The number of allylic oxidation sites excluding steroid dienone is 1. The van der Waals surface area contributed by atoms with E-state index in [2.05, 4.69) is 20.4 Å². The summed E-state index contributed by atoms with van der Waals surface area (Å²) in [5, 5.41) is 0. The molecule has 0 bridgehead atoms. The van der Waals surface area contributed by atoms with Crippen LogP contribution in [0.25, 0.3) is 6.08 Å². The highest BCUT2D eigenvalue weighted by molar-refractivity contribution is 6.07. The number of carbonyl (C=O) groups excluding carboxylic acids is 1. The molecule has 0 aromatic heterocycles. The zero-order valence-corrected chi connectivity index (χ0v) is 18.1. The molecule has 2 aromatic carbocycles. The van der Waals surface area contributed by atoms with E-state index in [0.29, 0.717) is 31.1 Å². The largest absolute Gasteiger partial charge is 0.493 e. The Kier molecular flexibility index (Phi) is 10.3. The lowest BCUT2D eigenvalue weighted by Crippen LogP contribution is -2.01. The lowest BCUT2D eigenvalue weighted by molar-refractivity contribution is 0.104. The number of ketones is 1. The summed E-state index contributed by atoms with van der Waals surface area (Å²) in [7, 11) is 0. The molecule has 0 N–H and O–H groups in total. The van der Waals surface area contributed by atoms with Gasteiger partial charge in [-0.2, -0.15) is 0 Å². The van der Waals surface area contributed by atoms with Gasteiger partial charge in [0.15, 0.2) is 5.78 Å². The van der Waals surface area contributed by atoms with Gasteiger partial charge >= 0.3 is 0 Å². The van der Waals surface area contributed by atoms with Gasteiger partial charge < -0.3 is 14.2 Å². The van der Waals surface area contributed by atoms with Gasteiger partial charge in [-0.15, -0.1) is 0 Å². The van der Waals surface area contributed by atoms with Crippen molar-refractivity contribution in [2.24, 2.45) is 0 Å². The van der Waals surface area contributed by atoms with Crippen molar-refractivity contribution in [3.63, 3.8) is 0 Å². The molecule has 2 rings (SSSR count). The van der Waals surface area contributed by atoms with Gasteiger partial charge in [-0.25, -0.2) is 0 Å². The number of rotatable bonds is 14. The Labute approximate surface area is 180 Å². The Balaban J connectivity index is 2.10. The normalized spacial score (nSPS) is 10.7. The number of unbranched alkanes of at least 4 members (excludes halogenated alkanes) is 2. The van der Waals surface area contributed by atoms with Gasteiger partial charge in [0.1, 0.15) is 23.9 Å². The minimum Gasteiger partial charge on any atom is -0.493 e. The van der Waals surface area contributed by atoms with Crippen molar-refractivity contribution >= 4 is 11.9 Å². The second-order valence-electron chi connectivity index (χ2n) is 6.93. The molecule has 0 saturated heterocycles. The van der Waals surface area contributed by atoms with E-state index in [9.17, 15) is 4.79 Å². The van der Waals surface area contributed by atoms with E-state index in [0.717, 1.165) is 42.7 Å². The molecule has 4 nitrogen and oxygen atoms in total. The summed E-state index contributed by atoms with van der Waals surface area (Å²) in [6.45, 7) is 9.64. The molecule has 0 amide bonds. The third-order valence-corrected chi connectivity index (χ3v) is 4.43. The standard InChI is InChI=1S/C26H32O4/c1-4-7-18-29-24-15-11-22(26(20-24)30-19-8-5-2)12-16-25(27)21-9-13-23(14-10-21)28-17-6-3/h6,9-16,20H,3-5,7-8,17-19H2,1-2H3/b16-12+. The molecule has 4 heteroatoms. The average molecular weight is 409 g/mol. The SMILES string of the molecule is C=CCOc1ccc(C(=O)/C=C/c2ccc(OCCCC)cc2OCCCC)cc1. The first-order valence-electron chi connectivity index (χ1n) is 10.6. The van der Waals surface area contributed by atoms with Crippen molar-refractivity contribution in [3.8, 4) is 17.2 Å². The minimum atomic E-state index is -0.0759. The van der Waals surface area contributed by atoms with E-state index in [1.807, 2.05) is 18.2 Å². The first-order valence-corrected chi connectivity index (χ1v) is 10.6. The highest BCUT2D eigenvalue weighted by Crippen LogP contribution is 2.27. The average Bonchev–Trinajstić information content (AvgIpc) is 2.77. The summed E-state index contributed by atoms with van der Waals surface area (Å²) in [4.78, 5) is 12.5. The lowest BCUT2D eigenvalue weighted by Gasteiger charge is -2.12. The molecule has 0 atom stereocenters. The topological polar surface area (TPSA) is 44.8 Å². The molecule has 0 aliphatic carbocycles. The first-order chi connectivity index (χ1) is 14.7. The summed E-state index contributed by atoms with van der Waals surface area (Å²) in [6.07, 6.45) is 9.18. The summed E-state index contributed by atoms with van der Waals surface area (Å²) in [5.41, 5.74) is 1.46. The number of carbonyl (C=O) groups is 1. The van der Waals surface area contributed by atoms with Gasteiger partial charge in [0, 0.05) is 17.2 Å². The summed E-state index contributed by atoms with van der Waals surface area (Å²) in [6, 6.07) is 12.8. The zero-order valence-electron chi connectivity index (χ0n) is 18.1. The van der Waals surface area contributed by atoms with Gasteiger partial charge in [-0.05, 0) is 61.4 Å². The van der Waals surface area contributed by atoms with Crippen LogP contribution in [-0.4, -0.2) is 25.6 Å². The third-order valence-electron chi connectivity index (χ3n) is 4.43. The van der Waals surface area contributed by atoms with Crippen molar-refractivity contribution in [2.45, 2.75) is 39.5 Å². The zero-order chi connectivity index (χ0) is 21.6. The Bertz CT molecular complexity index is 821. The fourth-order valence-electron chi connectivity index (χ4n) is 2.66. The highest BCUT2D eigenvalue weighted by atomic mass is 16.5. The smallest absolute Gasteiger partial charge is 0.185 e. The van der Waals surface area contributed by atoms with Gasteiger partial charge in [0.25, 0.3) is 0 Å². The van der Waals surface area contributed by atoms with Crippen LogP contribution in [0.5, 0.6) is 17.2 Å². The van der Waals surface area contributed by atoms with E-state index >= 15 is 0 Å². The quantitative estimate of drug-likeness (QED) is 0.155. The maximum Gasteiger partial charge on any atom is 0.185 e. The molecule has 2 aromatic rings. The van der Waals surface area contributed by atoms with Crippen molar-refractivity contribution in [2.75, 3.05) is 19.8 Å². The number of ether oxygens (including phenoxy) is 3. The van der Waals surface area contributed by atoms with Crippen LogP contribution in [0.1, 0.15) is 55.5 Å². The third kappa shape index (κ3) is 7.78. The summed E-state index contributed by atoms with van der Waals surface area (Å²) < 4.78 is 17.2. The second-order valence-corrected chi connectivity index (χ2v) is 6.93. The Hall–Kier alpha value is -3.01. The fourth-order valence-corrected chi connectivity index (χ4v) is 2.66. The molecular formula is C26H32O4. The lowest BCUT2D eigenvalue weighted by atomic mass is 10.1. The van der Waals surface area contributed by atoms with Gasteiger partial charge in [-0.3, -0.25) is 4.79 Å². The predicted octanol–water partition coefficient (Wildman–Crippen LogP) is 6.51. The number of benzene rings is 2. The first kappa shape index (κ1) is 23.3. The van der Waals surface area contributed by atoms with Crippen molar-refractivity contribution < 1.29 is 19.0 Å². The van der Waals surface area contributed by atoms with Crippen LogP contribution in [0.15, 0.2) is 61.2 Å². The maximum absolute atomic E-state index is 12.5. The molecule has 0 fully saturated rings. The number of hydrogen-bond acceptors (Lipinski definition) is 4. The van der Waals surface area contributed by atoms with E-state index in [4.69, 9.17) is 14.2 Å². The Morgan fingerprint density at radius 2 is 1.57 bits per heavy atom. The predicted molar refractivity (Wildman–Crippen MR) is 123 cm³/mol. The molecule has 160 valence electrons. The Morgan fingerprint density at radius 3 is 2.23 bits per heavy atom. The monoisotopic (exact) mass is 408 g/mol. The molecule has 0 unspecified atom stereocenters. The second kappa shape index (κ2) is 13.3. The fraction of sp³-hybridized carbons (Fsp3) is 0.346. The van der Waals surface area contributed by atoms with Crippen LogP contribution in [0.4, 0.5) is 0 Å². The molecular weight excluding hydrogens is 376 g/mol. The van der Waals surface area contributed by atoms with Gasteiger partial charge in [0.2, 0.25) is 0 Å². The molecule has 0 spiro atoms. The molecule has 0 aliphatic rings. The van der Waals surface area contributed by atoms with Crippen LogP contribution >= 0.6 is 0 Å². The van der Waals surface area contributed by atoms with Crippen LogP contribution in [0.3, 0.4) is 0 Å². The summed E-state index contributed by atoms with van der Waals surface area (Å²) in [5.74, 6) is 2.15. The van der Waals surface area contributed by atoms with Gasteiger partial charge in [0.05, 0.1) is 13.2 Å². The van der Waals surface area contributed by atoms with Gasteiger partial charge in [-0.1, -0.05) is 39.3 Å². The molecule has 0 aliphatic heterocycles. The van der Waals surface area contributed by atoms with E-state index in [1.54, 1.807) is 42.5 Å². The van der Waals surface area contributed by atoms with Crippen LogP contribution in [0, 0.1) is 0 Å². The van der Waals surface area contributed by atoms with E-state index in [-0.39, 0.29) is 5.78 Å². The molecule has 0 heterocycles.